The van der Waals surface area contributed by atoms with Crippen molar-refractivity contribution in [2.75, 3.05) is 0 Å². The SMILES string of the molecule is Oc1cccc([PH](c2ccccc2)(c2ccccc2)c2ccccc2)c1. The van der Waals surface area contributed by atoms with E-state index in [1.807, 2.05) is 12.1 Å². The van der Waals surface area contributed by atoms with Gasteiger partial charge in [0, 0.05) is 0 Å². The van der Waals surface area contributed by atoms with E-state index in [1.54, 1.807) is 6.07 Å². The fourth-order valence-electron chi connectivity index (χ4n) is 3.80. The molecule has 0 atom stereocenters. The van der Waals surface area contributed by atoms with Crippen LogP contribution >= 0.6 is 7.26 Å². The van der Waals surface area contributed by atoms with E-state index in [0.717, 1.165) is 0 Å². The Morgan fingerprint density at radius 2 is 0.808 bits per heavy atom. The predicted molar refractivity (Wildman–Crippen MR) is 114 cm³/mol. The van der Waals surface area contributed by atoms with E-state index in [4.69, 9.17) is 0 Å². The molecule has 0 unspecified atom stereocenters. The summed E-state index contributed by atoms with van der Waals surface area (Å²) >= 11 is 0. The van der Waals surface area contributed by atoms with Crippen molar-refractivity contribution in [1.82, 2.24) is 0 Å². The molecule has 0 aromatic heterocycles. The van der Waals surface area contributed by atoms with Gasteiger partial charge in [0.15, 0.2) is 0 Å². The van der Waals surface area contributed by atoms with E-state index < -0.39 is 7.26 Å². The Morgan fingerprint density at radius 3 is 1.19 bits per heavy atom. The number of benzene rings is 4. The summed E-state index contributed by atoms with van der Waals surface area (Å²) in [5.74, 6) is 0.308. The maximum atomic E-state index is 10.2. The number of aromatic hydroxyl groups is 1. The van der Waals surface area contributed by atoms with Gasteiger partial charge < -0.3 is 0 Å². The zero-order valence-corrected chi connectivity index (χ0v) is 15.4. The van der Waals surface area contributed by atoms with Crippen molar-refractivity contribution in [2.45, 2.75) is 0 Å². The van der Waals surface area contributed by atoms with Crippen LogP contribution in [0.2, 0.25) is 0 Å². The summed E-state index contributed by atoms with van der Waals surface area (Å²) in [4.78, 5) is 0. The summed E-state index contributed by atoms with van der Waals surface area (Å²) in [7, 11) is -2.49. The fourth-order valence-corrected chi connectivity index (χ4v) is 8.59. The molecule has 0 radical (unpaired) electrons. The van der Waals surface area contributed by atoms with Gasteiger partial charge in [-0.2, -0.15) is 0 Å². The first kappa shape index (κ1) is 16.6. The molecule has 0 aliphatic carbocycles. The van der Waals surface area contributed by atoms with Gasteiger partial charge >= 0.3 is 155 Å². The van der Waals surface area contributed by atoms with Gasteiger partial charge in [0.05, 0.1) is 0 Å². The molecule has 0 saturated heterocycles. The van der Waals surface area contributed by atoms with Crippen molar-refractivity contribution >= 4 is 28.5 Å². The van der Waals surface area contributed by atoms with Crippen molar-refractivity contribution in [3.05, 3.63) is 115 Å². The zero-order chi connectivity index (χ0) is 17.8. The van der Waals surface area contributed by atoms with Crippen LogP contribution in [0.1, 0.15) is 0 Å². The summed E-state index contributed by atoms with van der Waals surface area (Å²) < 4.78 is 0. The van der Waals surface area contributed by atoms with Crippen LogP contribution in [0.5, 0.6) is 5.75 Å². The Bertz CT molecular complexity index is 885. The van der Waals surface area contributed by atoms with E-state index in [9.17, 15) is 5.11 Å². The minimum atomic E-state index is -2.49. The molecule has 0 spiro atoms. The second-order valence-corrected chi connectivity index (χ2v) is 10.2. The van der Waals surface area contributed by atoms with E-state index >= 15 is 0 Å². The minimum absolute atomic E-state index is 0.308. The van der Waals surface area contributed by atoms with Crippen LogP contribution in [-0.2, 0) is 0 Å². The molecule has 2 heteroatoms. The second-order valence-electron chi connectivity index (χ2n) is 6.40. The third kappa shape index (κ3) is 2.81. The molecule has 0 fully saturated rings. The van der Waals surface area contributed by atoms with Gasteiger partial charge in [-0.3, -0.25) is 0 Å². The van der Waals surface area contributed by atoms with Crippen molar-refractivity contribution in [3.8, 4) is 5.75 Å². The van der Waals surface area contributed by atoms with Crippen molar-refractivity contribution in [1.29, 1.82) is 0 Å². The normalized spacial score (nSPS) is 11.8. The number of phenolic OH excluding ortho intramolecular Hbond substituents is 1. The van der Waals surface area contributed by atoms with Gasteiger partial charge in [0.25, 0.3) is 0 Å². The molecular weight excluding hydrogens is 335 g/mol. The number of phenols is 1. The van der Waals surface area contributed by atoms with E-state index in [0.29, 0.717) is 5.75 Å². The molecule has 0 aliphatic heterocycles. The number of rotatable bonds is 4. The fraction of sp³-hybridized carbons (Fsp3) is 0. The molecule has 0 aliphatic rings. The standard InChI is InChI=1S/C24H21OP/c25-20-11-10-18-24(19-20)26(21-12-4-1-5-13-21,22-14-6-2-7-15-22)23-16-8-3-9-17-23/h1-19,25-26H. The third-order valence-electron chi connectivity index (χ3n) is 4.90. The first-order chi connectivity index (χ1) is 12.8. The molecule has 0 bridgehead atoms. The van der Waals surface area contributed by atoms with Crippen LogP contribution in [-0.4, -0.2) is 5.11 Å². The summed E-state index contributed by atoms with van der Waals surface area (Å²) in [5.41, 5.74) is 0. The number of hydrogen-bond acceptors (Lipinski definition) is 1. The van der Waals surface area contributed by atoms with Gasteiger partial charge in [-0.15, -0.1) is 0 Å². The first-order valence-electron chi connectivity index (χ1n) is 8.78. The van der Waals surface area contributed by atoms with E-state index in [-0.39, 0.29) is 0 Å². The van der Waals surface area contributed by atoms with Crippen molar-refractivity contribution in [3.63, 3.8) is 0 Å². The van der Waals surface area contributed by atoms with Gasteiger partial charge in [0.2, 0.25) is 0 Å². The predicted octanol–water partition coefficient (Wildman–Crippen LogP) is 3.74. The third-order valence-corrected chi connectivity index (χ3v) is 9.67. The van der Waals surface area contributed by atoms with Crippen molar-refractivity contribution < 1.29 is 5.11 Å². The summed E-state index contributed by atoms with van der Waals surface area (Å²) in [5, 5.41) is 15.3. The molecule has 1 N–H and O–H groups in total. The molecule has 128 valence electrons. The van der Waals surface area contributed by atoms with Crippen LogP contribution in [0.3, 0.4) is 0 Å². The molecule has 4 rings (SSSR count). The van der Waals surface area contributed by atoms with Crippen LogP contribution < -0.4 is 21.2 Å². The van der Waals surface area contributed by atoms with Gasteiger partial charge in [0.1, 0.15) is 0 Å². The van der Waals surface area contributed by atoms with Crippen LogP contribution in [0, 0.1) is 0 Å². The molecule has 0 heterocycles. The van der Waals surface area contributed by atoms with Crippen molar-refractivity contribution in [2.24, 2.45) is 0 Å². The molecule has 4 aromatic rings. The Labute approximate surface area is 154 Å². The zero-order valence-electron chi connectivity index (χ0n) is 14.4. The Hall–Kier alpha value is -2.89. The summed E-state index contributed by atoms with van der Waals surface area (Å²) in [6.07, 6.45) is 0. The van der Waals surface area contributed by atoms with E-state index in [2.05, 4.69) is 97.1 Å². The first-order valence-corrected chi connectivity index (χ1v) is 10.8. The Balaban J connectivity index is 2.14. The summed E-state index contributed by atoms with van der Waals surface area (Å²) in [6, 6.07) is 39.9. The van der Waals surface area contributed by atoms with Gasteiger partial charge in [-0.05, 0) is 0 Å². The molecule has 1 nitrogen and oxygen atoms in total. The number of hydrogen-bond donors (Lipinski definition) is 1. The van der Waals surface area contributed by atoms with Gasteiger partial charge in [-0.1, -0.05) is 0 Å². The summed E-state index contributed by atoms with van der Waals surface area (Å²) in [6.45, 7) is 0. The monoisotopic (exact) mass is 356 g/mol. The van der Waals surface area contributed by atoms with Crippen LogP contribution in [0.25, 0.3) is 0 Å². The molecular formula is C24H21OP. The van der Waals surface area contributed by atoms with Gasteiger partial charge in [-0.25, -0.2) is 0 Å². The second kappa shape index (κ2) is 7.15. The Kier molecular flexibility index (Phi) is 4.56. The van der Waals surface area contributed by atoms with E-state index in [1.165, 1.54) is 21.2 Å². The molecule has 26 heavy (non-hydrogen) atoms. The Morgan fingerprint density at radius 1 is 0.423 bits per heavy atom. The molecule has 0 amide bonds. The average Bonchev–Trinajstić information content (AvgIpc) is 2.71. The molecule has 0 saturated carbocycles. The maximum absolute atomic E-state index is 10.2. The average molecular weight is 356 g/mol. The van der Waals surface area contributed by atoms with Crippen LogP contribution in [0.4, 0.5) is 0 Å². The molecule has 4 aromatic carbocycles. The van der Waals surface area contributed by atoms with Crippen LogP contribution in [0.15, 0.2) is 115 Å². The quantitative estimate of drug-likeness (QED) is 0.552. The topological polar surface area (TPSA) is 20.2 Å².